The lowest BCUT2D eigenvalue weighted by molar-refractivity contribution is 0.495. The molecule has 0 saturated carbocycles. The molecule has 0 N–H and O–H groups in total. The Morgan fingerprint density at radius 2 is 2.00 bits per heavy atom. The first-order valence-electron chi connectivity index (χ1n) is 8.91. The van der Waals surface area contributed by atoms with Crippen LogP contribution in [0.25, 0.3) is 11.3 Å². The summed E-state index contributed by atoms with van der Waals surface area (Å²) in [4.78, 5) is 6.41. The summed E-state index contributed by atoms with van der Waals surface area (Å²) >= 11 is 19.7. The minimum absolute atomic E-state index is 0.282. The Labute approximate surface area is 194 Å². The molecular formula is C21H17Cl3N4OS. The SMILES string of the molecule is CCN(C)C=Nc1cc(Cl)c(Oc2snc(-c3ccc(Cl)cc3Cl)c2C#N)cc1C. The summed E-state index contributed by atoms with van der Waals surface area (Å²) in [5.74, 6) is 0.422. The van der Waals surface area contributed by atoms with E-state index in [1.54, 1.807) is 36.7 Å². The zero-order chi connectivity index (χ0) is 21.8. The third-order valence-corrected chi connectivity index (χ3v) is 5.87. The molecule has 3 aromatic rings. The van der Waals surface area contributed by atoms with Gasteiger partial charge in [-0.1, -0.05) is 34.8 Å². The average molecular weight is 480 g/mol. The van der Waals surface area contributed by atoms with Crippen molar-refractivity contribution >= 4 is 58.4 Å². The molecule has 2 aromatic carbocycles. The topological polar surface area (TPSA) is 61.5 Å². The summed E-state index contributed by atoms with van der Waals surface area (Å²) in [5, 5.41) is 11.3. The average Bonchev–Trinajstić information content (AvgIpc) is 3.11. The number of hydrogen-bond donors (Lipinski definition) is 0. The van der Waals surface area contributed by atoms with Crippen molar-refractivity contribution in [2.75, 3.05) is 13.6 Å². The van der Waals surface area contributed by atoms with E-state index in [2.05, 4.69) is 15.4 Å². The first-order valence-corrected chi connectivity index (χ1v) is 10.8. The molecule has 1 heterocycles. The monoisotopic (exact) mass is 478 g/mol. The lowest BCUT2D eigenvalue weighted by Crippen LogP contribution is -2.14. The molecule has 154 valence electrons. The highest BCUT2D eigenvalue weighted by molar-refractivity contribution is 7.08. The maximum absolute atomic E-state index is 9.70. The Morgan fingerprint density at radius 3 is 2.67 bits per heavy atom. The molecule has 0 bridgehead atoms. The fourth-order valence-electron chi connectivity index (χ4n) is 2.51. The van der Waals surface area contributed by atoms with Crippen LogP contribution >= 0.6 is 46.3 Å². The molecule has 0 spiro atoms. The van der Waals surface area contributed by atoms with E-state index >= 15 is 0 Å². The number of aliphatic imine (C=N–C) groups is 1. The molecule has 0 unspecified atom stereocenters. The summed E-state index contributed by atoms with van der Waals surface area (Å²) in [6, 6.07) is 10.7. The molecule has 0 amide bonds. The van der Waals surface area contributed by atoms with E-state index in [-0.39, 0.29) is 5.56 Å². The van der Waals surface area contributed by atoms with Crippen molar-refractivity contribution in [2.45, 2.75) is 13.8 Å². The van der Waals surface area contributed by atoms with Gasteiger partial charge < -0.3 is 9.64 Å². The van der Waals surface area contributed by atoms with Crippen LogP contribution in [-0.2, 0) is 0 Å². The van der Waals surface area contributed by atoms with E-state index in [0.717, 1.165) is 29.3 Å². The van der Waals surface area contributed by atoms with E-state index in [1.807, 2.05) is 25.8 Å². The van der Waals surface area contributed by atoms with Crippen molar-refractivity contribution < 1.29 is 4.74 Å². The maximum Gasteiger partial charge on any atom is 0.218 e. The van der Waals surface area contributed by atoms with Crippen LogP contribution in [0.4, 0.5) is 5.69 Å². The van der Waals surface area contributed by atoms with Crippen LogP contribution in [0.5, 0.6) is 10.8 Å². The van der Waals surface area contributed by atoms with Gasteiger partial charge in [-0.3, -0.25) is 0 Å². The van der Waals surface area contributed by atoms with Crippen LogP contribution in [0.2, 0.25) is 15.1 Å². The molecular weight excluding hydrogens is 463 g/mol. The van der Waals surface area contributed by atoms with Crippen LogP contribution in [0.1, 0.15) is 18.1 Å². The van der Waals surface area contributed by atoms with E-state index in [0.29, 0.717) is 37.1 Å². The standard InChI is InChI=1S/C21H17Cl3N4OS/c1-4-28(3)11-26-18-9-17(24)19(7-12(18)2)29-21-15(10-25)20(27-30-21)14-6-5-13(22)8-16(14)23/h5-9,11H,4H2,1-3H3. The van der Waals surface area contributed by atoms with Gasteiger partial charge in [0.05, 0.1) is 22.1 Å². The van der Waals surface area contributed by atoms with Gasteiger partial charge in [0.25, 0.3) is 0 Å². The van der Waals surface area contributed by atoms with E-state index < -0.39 is 0 Å². The third-order valence-electron chi connectivity index (χ3n) is 4.30. The van der Waals surface area contributed by atoms with Gasteiger partial charge in [0.2, 0.25) is 5.06 Å². The fraction of sp³-hybridized carbons (Fsp3) is 0.190. The highest BCUT2D eigenvalue weighted by Gasteiger charge is 2.20. The van der Waals surface area contributed by atoms with E-state index in [1.165, 1.54) is 0 Å². The third kappa shape index (κ3) is 4.88. The van der Waals surface area contributed by atoms with Crippen LogP contribution in [0, 0.1) is 18.3 Å². The molecule has 0 aliphatic carbocycles. The van der Waals surface area contributed by atoms with Crippen LogP contribution in [-0.4, -0.2) is 29.2 Å². The quantitative estimate of drug-likeness (QED) is 0.274. The zero-order valence-corrected chi connectivity index (χ0v) is 19.5. The second-order valence-electron chi connectivity index (χ2n) is 6.42. The van der Waals surface area contributed by atoms with Gasteiger partial charge in [-0.2, -0.15) is 9.64 Å². The number of aryl methyl sites for hydroxylation is 1. The summed E-state index contributed by atoms with van der Waals surface area (Å²) < 4.78 is 10.3. The van der Waals surface area contributed by atoms with Crippen molar-refractivity contribution in [1.82, 2.24) is 9.27 Å². The minimum Gasteiger partial charge on any atom is -0.442 e. The molecule has 0 atom stereocenters. The number of aromatic nitrogens is 1. The number of benzene rings is 2. The second kappa shape index (κ2) is 9.67. The van der Waals surface area contributed by atoms with E-state index in [4.69, 9.17) is 39.5 Å². The van der Waals surface area contributed by atoms with Gasteiger partial charge in [0, 0.05) is 35.7 Å². The number of hydrogen-bond acceptors (Lipinski definition) is 5. The van der Waals surface area contributed by atoms with Gasteiger partial charge in [0.1, 0.15) is 23.1 Å². The van der Waals surface area contributed by atoms with Crippen molar-refractivity contribution in [1.29, 1.82) is 5.26 Å². The highest BCUT2D eigenvalue weighted by atomic mass is 35.5. The molecule has 0 saturated heterocycles. The number of nitriles is 1. The molecule has 0 fully saturated rings. The largest absolute Gasteiger partial charge is 0.442 e. The maximum atomic E-state index is 9.70. The zero-order valence-electron chi connectivity index (χ0n) is 16.4. The van der Waals surface area contributed by atoms with Gasteiger partial charge in [-0.15, -0.1) is 0 Å². The number of nitrogens with zero attached hydrogens (tertiary/aromatic N) is 4. The molecule has 1 aromatic heterocycles. The fourth-order valence-corrected chi connectivity index (χ4v) is 3.93. The lowest BCUT2D eigenvalue weighted by atomic mass is 10.1. The van der Waals surface area contributed by atoms with Crippen molar-refractivity contribution in [3.8, 4) is 28.1 Å². The summed E-state index contributed by atoms with van der Waals surface area (Å²) in [5.41, 5.74) is 2.96. The first-order chi connectivity index (χ1) is 14.3. The first kappa shape index (κ1) is 22.4. The smallest absolute Gasteiger partial charge is 0.218 e. The molecule has 5 nitrogen and oxygen atoms in total. The van der Waals surface area contributed by atoms with Gasteiger partial charge in [-0.25, -0.2) is 4.99 Å². The Balaban J connectivity index is 1.94. The Hall–Kier alpha value is -2.30. The van der Waals surface area contributed by atoms with Gasteiger partial charge >= 0.3 is 0 Å². The lowest BCUT2D eigenvalue weighted by Gasteiger charge is -2.11. The van der Waals surface area contributed by atoms with Crippen molar-refractivity contribution in [2.24, 2.45) is 4.99 Å². The number of halogens is 3. The predicted octanol–water partition coefficient (Wildman–Crippen LogP) is 7.35. The van der Waals surface area contributed by atoms with Crippen molar-refractivity contribution in [3.05, 3.63) is 56.5 Å². The van der Waals surface area contributed by atoms with Crippen LogP contribution in [0.15, 0.2) is 35.3 Å². The number of ether oxygens (including phenoxy) is 1. The van der Waals surface area contributed by atoms with Crippen LogP contribution < -0.4 is 4.74 Å². The Bertz CT molecular complexity index is 1150. The Kier molecular flexibility index (Phi) is 7.22. The minimum atomic E-state index is 0.282. The van der Waals surface area contributed by atoms with Crippen LogP contribution in [0.3, 0.4) is 0 Å². The predicted molar refractivity (Wildman–Crippen MR) is 125 cm³/mol. The molecule has 9 heteroatoms. The highest BCUT2D eigenvalue weighted by Crippen LogP contribution is 2.42. The van der Waals surface area contributed by atoms with Gasteiger partial charge in [0.15, 0.2) is 0 Å². The van der Waals surface area contributed by atoms with E-state index in [9.17, 15) is 5.26 Å². The number of rotatable bonds is 6. The summed E-state index contributed by atoms with van der Waals surface area (Å²) in [6.07, 6.45) is 1.75. The summed E-state index contributed by atoms with van der Waals surface area (Å²) in [7, 11) is 1.94. The molecule has 0 aliphatic rings. The normalized spacial score (nSPS) is 11.0. The molecule has 0 radical (unpaired) electrons. The molecule has 0 aliphatic heterocycles. The Morgan fingerprint density at radius 1 is 1.23 bits per heavy atom. The van der Waals surface area contributed by atoms with Crippen molar-refractivity contribution in [3.63, 3.8) is 0 Å². The van der Waals surface area contributed by atoms with Gasteiger partial charge in [-0.05, 0) is 49.7 Å². The second-order valence-corrected chi connectivity index (χ2v) is 8.41. The molecule has 3 rings (SSSR count). The molecule has 30 heavy (non-hydrogen) atoms. The summed E-state index contributed by atoms with van der Waals surface area (Å²) in [6.45, 7) is 4.80.